The third-order valence-corrected chi connectivity index (χ3v) is 3.54. The zero-order valence-electron chi connectivity index (χ0n) is 10.9. The minimum absolute atomic E-state index is 1.11. The quantitative estimate of drug-likeness (QED) is 0.768. The lowest BCUT2D eigenvalue weighted by atomic mass is 9.94. The van der Waals surface area contributed by atoms with E-state index in [2.05, 4.69) is 47.1 Å². The van der Waals surface area contributed by atoms with Crippen molar-refractivity contribution >= 4 is 0 Å². The summed E-state index contributed by atoms with van der Waals surface area (Å²) in [5.41, 5.74) is 1.44. The lowest BCUT2D eigenvalue weighted by molar-refractivity contribution is 0.126. The average molecular weight is 231 g/mol. The first-order valence-electron chi connectivity index (χ1n) is 6.87. The lowest BCUT2D eigenvalue weighted by Crippen LogP contribution is -2.46. The SMILES string of the molecule is CCC[11CH2]N1CCN(Cc2ccccc2)CC1. The van der Waals surface area contributed by atoms with Crippen molar-refractivity contribution in [3.8, 4) is 0 Å². The second-order valence-corrected chi connectivity index (χ2v) is 4.96. The van der Waals surface area contributed by atoms with E-state index in [0.717, 1.165) is 6.54 Å². The van der Waals surface area contributed by atoms with Gasteiger partial charge in [-0.25, -0.2) is 0 Å². The van der Waals surface area contributed by atoms with Gasteiger partial charge in [-0.3, -0.25) is 4.90 Å². The number of rotatable bonds is 5. The van der Waals surface area contributed by atoms with Gasteiger partial charge in [-0.15, -0.1) is 0 Å². The Hall–Kier alpha value is -0.860. The number of hydrogen-bond acceptors (Lipinski definition) is 2. The Morgan fingerprint density at radius 2 is 1.59 bits per heavy atom. The largest absolute Gasteiger partial charge is 0.301 e. The third-order valence-electron chi connectivity index (χ3n) is 3.54. The summed E-state index contributed by atoms with van der Waals surface area (Å²) < 4.78 is 0. The van der Waals surface area contributed by atoms with E-state index in [4.69, 9.17) is 0 Å². The Bertz CT molecular complexity index is 302. The molecule has 0 N–H and O–H groups in total. The van der Waals surface area contributed by atoms with Crippen molar-refractivity contribution in [3.63, 3.8) is 0 Å². The number of unbranched alkanes of at least 4 members (excludes halogenated alkanes) is 1. The summed E-state index contributed by atoms with van der Waals surface area (Å²) in [7, 11) is 0. The van der Waals surface area contributed by atoms with E-state index in [9.17, 15) is 0 Å². The molecule has 1 heterocycles. The monoisotopic (exact) mass is 231 g/mol. The Morgan fingerprint density at radius 3 is 2.24 bits per heavy atom. The smallest absolute Gasteiger partial charge is 0.0234 e. The molecule has 0 aromatic heterocycles. The maximum atomic E-state index is 2.60. The van der Waals surface area contributed by atoms with Gasteiger partial charge >= 0.3 is 0 Å². The van der Waals surface area contributed by atoms with Crippen LogP contribution in [0.4, 0.5) is 0 Å². The van der Waals surface area contributed by atoms with Gasteiger partial charge in [0.2, 0.25) is 0 Å². The Kier molecular flexibility index (Phi) is 5.02. The van der Waals surface area contributed by atoms with Crippen molar-refractivity contribution < 1.29 is 0 Å². The normalized spacial score (nSPS) is 18.4. The molecule has 1 saturated heterocycles. The molecule has 2 rings (SSSR count). The molecular weight excluding hydrogens is 207 g/mol. The number of piperazine rings is 1. The molecule has 17 heavy (non-hydrogen) atoms. The molecule has 1 aromatic rings. The zero-order chi connectivity index (χ0) is 11.9. The van der Waals surface area contributed by atoms with Crippen molar-refractivity contribution in [1.82, 2.24) is 9.80 Å². The molecule has 0 amide bonds. The summed E-state index contributed by atoms with van der Waals surface area (Å²) in [4.78, 5) is 5.17. The summed E-state index contributed by atoms with van der Waals surface area (Å²) in [6.07, 6.45) is 2.66. The maximum absolute atomic E-state index is 2.60. The molecule has 0 unspecified atom stereocenters. The van der Waals surface area contributed by atoms with Crippen LogP contribution >= 0.6 is 0 Å². The minimum Gasteiger partial charge on any atom is -0.301 e. The van der Waals surface area contributed by atoms with Gasteiger partial charge in [0.25, 0.3) is 0 Å². The van der Waals surface area contributed by atoms with Gasteiger partial charge in [0.15, 0.2) is 0 Å². The lowest BCUT2D eigenvalue weighted by Gasteiger charge is -2.34. The summed E-state index contributed by atoms with van der Waals surface area (Å²) in [5.74, 6) is 0. The highest BCUT2D eigenvalue weighted by Crippen LogP contribution is 2.08. The summed E-state index contributed by atoms with van der Waals surface area (Å²) in [6, 6.07) is 10.8. The van der Waals surface area contributed by atoms with Crippen LogP contribution in [0.2, 0.25) is 0 Å². The van der Waals surface area contributed by atoms with Gasteiger partial charge in [-0.2, -0.15) is 0 Å². The molecule has 0 aliphatic carbocycles. The fourth-order valence-corrected chi connectivity index (χ4v) is 2.39. The molecule has 2 heteroatoms. The summed E-state index contributed by atoms with van der Waals surface area (Å²) >= 11 is 0. The fraction of sp³-hybridized carbons (Fsp3) is 0.600. The van der Waals surface area contributed by atoms with Crippen molar-refractivity contribution in [2.24, 2.45) is 0 Å². The maximum Gasteiger partial charge on any atom is 0.0234 e. The molecule has 2 nitrogen and oxygen atoms in total. The van der Waals surface area contributed by atoms with Gasteiger partial charge in [-0.1, -0.05) is 43.7 Å². The molecule has 0 radical (unpaired) electrons. The molecule has 1 aliphatic heterocycles. The van der Waals surface area contributed by atoms with Crippen LogP contribution in [0.1, 0.15) is 25.3 Å². The van der Waals surface area contributed by atoms with Crippen molar-refractivity contribution in [2.75, 3.05) is 32.7 Å². The van der Waals surface area contributed by atoms with E-state index in [-0.39, 0.29) is 0 Å². The first-order valence-corrected chi connectivity index (χ1v) is 6.87. The zero-order valence-corrected chi connectivity index (χ0v) is 10.9. The third kappa shape index (κ3) is 4.14. The highest BCUT2D eigenvalue weighted by atomic mass is 15.2. The van der Waals surface area contributed by atoms with Crippen molar-refractivity contribution in [2.45, 2.75) is 26.3 Å². The molecule has 0 atom stereocenters. The first kappa shape index (κ1) is 12.6. The van der Waals surface area contributed by atoms with E-state index in [1.165, 1.54) is 51.1 Å². The topological polar surface area (TPSA) is 6.48 Å². The molecule has 1 fully saturated rings. The molecular formula is C15H24N2. The van der Waals surface area contributed by atoms with E-state index in [0.29, 0.717) is 0 Å². The van der Waals surface area contributed by atoms with Crippen LogP contribution in [0, 0.1) is 0 Å². The van der Waals surface area contributed by atoms with Crippen LogP contribution in [0.5, 0.6) is 0 Å². The Morgan fingerprint density at radius 1 is 0.941 bits per heavy atom. The van der Waals surface area contributed by atoms with Gasteiger partial charge in [0.1, 0.15) is 0 Å². The summed E-state index contributed by atoms with van der Waals surface area (Å²) in [5, 5.41) is 0. The van der Waals surface area contributed by atoms with Crippen LogP contribution in [0.25, 0.3) is 0 Å². The predicted octanol–water partition coefficient (Wildman–Crippen LogP) is 2.60. The van der Waals surface area contributed by atoms with Gasteiger partial charge in [0.05, 0.1) is 0 Å². The van der Waals surface area contributed by atoms with Crippen molar-refractivity contribution in [1.29, 1.82) is 0 Å². The van der Waals surface area contributed by atoms with E-state index >= 15 is 0 Å². The second-order valence-electron chi connectivity index (χ2n) is 4.96. The van der Waals surface area contributed by atoms with Crippen LogP contribution < -0.4 is 0 Å². The standard InChI is InChI=1S/C15H24N2/c1-2-3-9-16-10-12-17(13-11-16)14-15-7-5-4-6-8-15/h4-8H,2-3,9-14H2,1H3/i9-1. The molecule has 0 spiro atoms. The number of nitrogens with zero attached hydrogens (tertiary/aromatic N) is 2. The molecule has 0 saturated carbocycles. The first-order chi connectivity index (χ1) is 8.38. The van der Waals surface area contributed by atoms with Crippen LogP contribution in [-0.4, -0.2) is 42.5 Å². The molecule has 1 aromatic carbocycles. The van der Waals surface area contributed by atoms with Crippen LogP contribution in [0.15, 0.2) is 30.3 Å². The van der Waals surface area contributed by atoms with Crippen molar-refractivity contribution in [3.05, 3.63) is 35.9 Å². The molecule has 0 bridgehead atoms. The van der Waals surface area contributed by atoms with E-state index in [1.807, 2.05) is 0 Å². The fourth-order valence-electron chi connectivity index (χ4n) is 2.39. The van der Waals surface area contributed by atoms with E-state index < -0.39 is 0 Å². The Balaban J connectivity index is 1.72. The Labute approximate surface area is 105 Å². The van der Waals surface area contributed by atoms with Gasteiger partial charge in [-0.05, 0) is 18.5 Å². The molecule has 1 aliphatic rings. The predicted molar refractivity (Wildman–Crippen MR) is 73.1 cm³/mol. The van der Waals surface area contributed by atoms with E-state index in [1.54, 1.807) is 0 Å². The van der Waals surface area contributed by atoms with Gasteiger partial charge < -0.3 is 4.90 Å². The minimum atomic E-state index is 1.11. The summed E-state index contributed by atoms with van der Waals surface area (Å²) in [6.45, 7) is 9.60. The highest BCUT2D eigenvalue weighted by Gasteiger charge is 2.15. The average Bonchev–Trinajstić information content (AvgIpc) is 2.39. The molecule has 94 valence electrons. The van der Waals surface area contributed by atoms with Gasteiger partial charge in [0, 0.05) is 32.7 Å². The number of benzene rings is 1. The van der Waals surface area contributed by atoms with Crippen LogP contribution in [0.3, 0.4) is 0 Å². The highest BCUT2D eigenvalue weighted by molar-refractivity contribution is 5.14. The second kappa shape index (κ2) is 6.77. The van der Waals surface area contributed by atoms with Crippen LogP contribution in [-0.2, 0) is 6.54 Å². The number of hydrogen-bond donors (Lipinski definition) is 0.